The quantitative estimate of drug-likeness (QED) is 0.806. The van der Waals surface area contributed by atoms with Gasteiger partial charge in [0.2, 0.25) is 0 Å². The normalized spacial score (nSPS) is 13.6. The van der Waals surface area contributed by atoms with Crippen LogP contribution in [-0.2, 0) is 4.74 Å². The minimum atomic E-state index is -4.37. The van der Waals surface area contributed by atoms with Crippen molar-refractivity contribution in [2.24, 2.45) is 0 Å². The van der Waals surface area contributed by atoms with E-state index in [-0.39, 0.29) is 6.61 Å². The first kappa shape index (κ1) is 15.9. The summed E-state index contributed by atoms with van der Waals surface area (Å²) in [6.07, 6.45) is -4.37. The van der Waals surface area contributed by atoms with Crippen LogP contribution in [0.1, 0.15) is 24.1 Å². The molecule has 0 bridgehead atoms. The highest BCUT2D eigenvalue weighted by Crippen LogP contribution is 2.21. The predicted molar refractivity (Wildman–Crippen MR) is 64.4 cm³/mol. The summed E-state index contributed by atoms with van der Waals surface area (Å²) in [5.41, 5.74) is 1.17. The number of nitrogens with one attached hydrogen (secondary N) is 1. The molecule has 1 atom stereocenters. The van der Waals surface area contributed by atoms with Crippen LogP contribution in [-0.4, -0.2) is 25.9 Å². The van der Waals surface area contributed by atoms with Crippen LogP contribution in [0.3, 0.4) is 0 Å². The average molecular weight is 279 g/mol. The Balaban J connectivity index is 2.73. The second kappa shape index (κ2) is 6.86. The lowest BCUT2D eigenvalue weighted by Crippen LogP contribution is -2.28. The van der Waals surface area contributed by atoms with Crippen LogP contribution in [0.5, 0.6) is 0 Å². The molecule has 0 aliphatic heterocycles. The molecule has 1 aromatic rings. The van der Waals surface area contributed by atoms with E-state index in [1.165, 1.54) is 6.07 Å². The van der Waals surface area contributed by atoms with E-state index in [2.05, 4.69) is 10.1 Å². The van der Waals surface area contributed by atoms with Gasteiger partial charge in [0.1, 0.15) is 12.4 Å². The Morgan fingerprint density at radius 2 is 2.00 bits per heavy atom. The molecule has 6 heteroatoms. The van der Waals surface area contributed by atoms with Gasteiger partial charge >= 0.3 is 6.18 Å². The number of ether oxygens (including phenoxy) is 1. The van der Waals surface area contributed by atoms with Crippen molar-refractivity contribution in [2.75, 3.05) is 19.8 Å². The highest BCUT2D eigenvalue weighted by atomic mass is 19.4. The lowest BCUT2D eigenvalue weighted by molar-refractivity contribution is -0.175. The molecule has 0 aromatic heterocycles. The van der Waals surface area contributed by atoms with Crippen molar-refractivity contribution in [3.05, 3.63) is 35.1 Å². The number of likely N-dealkylation sites (N-methyl/N-ethyl adjacent to an activating group) is 1. The third kappa shape index (κ3) is 5.57. The number of hydrogen-bond donors (Lipinski definition) is 1. The second-order valence-corrected chi connectivity index (χ2v) is 4.27. The smallest absolute Gasteiger partial charge is 0.370 e. The zero-order chi connectivity index (χ0) is 14.5. The monoisotopic (exact) mass is 279 g/mol. The fourth-order valence-electron chi connectivity index (χ4n) is 1.73. The number of hydrogen-bond acceptors (Lipinski definition) is 2. The summed E-state index contributed by atoms with van der Waals surface area (Å²) < 4.78 is 54.3. The van der Waals surface area contributed by atoms with Crippen molar-refractivity contribution in [2.45, 2.75) is 26.1 Å². The Kier molecular flexibility index (Phi) is 5.75. The molecule has 0 radical (unpaired) electrons. The number of benzene rings is 1. The molecule has 1 rings (SSSR count). The lowest BCUT2D eigenvalue weighted by atomic mass is 10.0. The SMILES string of the molecule is CCNC(COCC(F)(F)F)c1cc(C)ccc1F. The molecule has 1 unspecified atom stereocenters. The molecule has 2 nitrogen and oxygen atoms in total. The molecule has 0 heterocycles. The zero-order valence-electron chi connectivity index (χ0n) is 10.9. The van der Waals surface area contributed by atoms with Crippen molar-refractivity contribution in [1.29, 1.82) is 0 Å². The number of alkyl halides is 3. The number of aryl methyl sites for hydroxylation is 1. The fraction of sp³-hybridized carbons (Fsp3) is 0.538. The molecule has 0 saturated carbocycles. The summed E-state index contributed by atoms with van der Waals surface area (Å²) in [6, 6.07) is 3.93. The third-order valence-corrected chi connectivity index (χ3v) is 2.53. The molecule has 0 aliphatic rings. The molecule has 0 saturated heterocycles. The third-order valence-electron chi connectivity index (χ3n) is 2.53. The number of halogens is 4. The highest BCUT2D eigenvalue weighted by molar-refractivity contribution is 5.27. The van der Waals surface area contributed by atoms with Crippen molar-refractivity contribution >= 4 is 0 Å². The molecule has 108 valence electrons. The number of rotatable bonds is 6. The maximum atomic E-state index is 13.7. The Bertz CT molecular complexity index is 406. The van der Waals surface area contributed by atoms with Gasteiger partial charge in [-0.05, 0) is 19.5 Å². The fourth-order valence-corrected chi connectivity index (χ4v) is 1.73. The van der Waals surface area contributed by atoms with Gasteiger partial charge in [-0.25, -0.2) is 4.39 Å². The first-order valence-electron chi connectivity index (χ1n) is 5.97. The molecular formula is C13H17F4NO. The summed E-state index contributed by atoms with van der Waals surface area (Å²) in [6.45, 7) is 2.54. The van der Waals surface area contributed by atoms with Crippen LogP contribution >= 0.6 is 0 Å². The van der Waals surface area contributed by atoms with E-state index in [4.69, 9.17) is 0 Å². The van der Waals surface area contributed by atoms with E-state index in [0.717, 1.165) is 5.56 Å². The van der Waals surface area contributed by atoms with E-state index >= 15 is 0 Å². The van der Waals surface area contributed by atoms with Crippen molar-refractivity contribution in [3.63, 3.8) is 0 Å². The molecule has 1 N–H and O–H groups in total. The standard InChI is InChI=1S/C13H17F4NO/c1-3-18-12(7-19-8-13(15,16)17)10-6-9(2)4-5-11(10)14/h4-6,12,18H,3,7-8H2,1-2H3. The van der Waals surface area contributed by atoms with Gasteiger partial charge in [0.25, 0.3) is 0 Å². The summed E-state index contributed by atoms with van der Waals surface area (Å²) in [7, 11) is 0. The van der Waals surface area contributed by atoms with Crippen LogP contribution < -0.4 is 5.32 Å². The van der Waals surface area contributed by atoms with Crippen LogP contribution in [0.4, 0.5) is 17.6 Å². The summed E-state index contributed by atoms with van der Waals surface area (Å²) in [4.78, 5) is 0. The minimum absolute atomic E-state index is 0.228. The Labute approximate surface area is 109 Å². The van der Waals surface area contributed by atoms with Gasteiger partial charge in [0, 0.05) is 5.56 Å². The van der Waals surface area contributed by atoms with Gasteiger partial charge in [-0.1, -0.05) is 24.6 Å². The molecular weight excluding hydrogens is 262 g/mol. The van der Waals surface area contributed by atoms with E-state index in [9.17, 15) is 17.6 Å². The van der Waals surface area contributed by atoms with Gasteiger partial charge in [-0.15, -0.1) is 0 Å². The zero-order valence-corrected chi connectivity index (χ0v) is 10.9. The van der Waals surface area contributed by atoms with Gasteiger partial charge in [0.15, 0.2) is 0 Å². The molecule has 1 aromatic carbocycles. The van der Waals surface area contributed by atoms with Gasteiger partial charge in [-0.3, -0.25) is 0 Å². The predicted octanol–water partition coefficient (Wildman–Crippen LogP) is 3.36. The summed E-state index contributed by atoms with van der Waals surface area (Å²) >= 11 is 0. The van der Waals surface area contributed by atoms with E-state index < -0.39 is 24.6 Å². The van der Waals surface area contributed by atoms with Crippen LogP contribution in [0.2, 0.25) is 0 Å². The van der Waals surface area contributed by atoms with Crippen LogP contribution in [0.25, 0.3) is 0 Å². The summed E-state index contributed by atoms with van der Waals surface area (Å²) in [5.74, 6) is -0.452. The van der Waals surface area contributed by atoms with Gasteiger partial charge in [0.05, 0.1) is 12.6 Å². The highest BCUT2D eigenvalue weighted by Gasteiger charge is 2.28. The Hall–Kier alpha value is -1.14. The van der Waals surface area contributed by atoms with E-state index in [0.29, 0.717) is 12.1 Å². The van der Waals surface area contributed by atoms with E-state index in [1.807, 2.05) is 0 Å². The van der Waals surface area contributed by atoms with Crippen LogP contribution in [0.15, 0.2) is 18.2 Å². The van der Waals surface area contributed by atoms with Gasteiger partial charge < -0.3 is 10.1 Å². The van der Waals surface area contributed by atoms with Crippen LogP contribution in [0, 0.1) is 12.7 Å². The molecule has 0 aliphatic carbocycles. The maximum absolute atomic E-state index is 13.7. The second-order valence-electron chi connectivity index (χ2n) is 4.27. The lowest BCUT2D eigenvalue weighted by Gasteiger charge is -2.20. The van der Waals surface area contributed by atoms with Gasteiger partial charge in [-0.2, -0.15) is 13.2 Å². The molecule has 0 spiro atoms. The van der Waals surface area contributed by atoms with E-state index in [1.54, 1.807) is 26.0 Å². The molecule has 19 heavy (non-hydrogen) atoms. The average Bonchev–Trinajstić information content (AvgIpc) is 2.30. The summed E-state index contributed by atoms with van der Waals surface area (Å²) in [5, 5.41) is 2.92. The maximum Gasteiger partial charge on any atom is 0.411 e. The Morgan fingerprint density at radius 3 is 2.58 bits per heavy atom. The largest absolute Gasteiger partial charge is 0.411 e. The Morgan fingerprint density at radius 1 is 1.32 bits per heavy atom. The molecule has 0 amide bonds. The van der Waals surface area contributed by atoms with Crippen molar-refractivity contribution in [3.8, 4) is 0 Å². The van der Waals surface area contributed by atoms with Crippen molar-refractivity contribution < 1.29 is 22.3 Å². The topological polar surface area (TPSA) is 21.3 Å². The first-order chi connectivity index (χ1) is 8.83. The van der Waals surface area contributed by atoms with Crippen molar-refractivity contribution in [1.82, 2.24) is 5.32 Å². The minimum Gasteiger partial charge on any atom is -0.370 e. The molecule has 0 fully saturated rings. The first-order valence-corrected chi connectivity index (χ1v) is 5.97.